The Morgan fingerprint density at radius 3 is 2.53 bits per heavy atom. The maximum absolute atomic E-state index is 14.1. The molecule has 8 nitrogen and oxygen atoms in total. The molecule has 1 aliphatic rings. The number of benzene rings is 4. The van der Waals surface area contributed by atoms with E-state index in [1.54, 1.807) is 72.8 Å². The predicted molar refractivity (Wildman–Crippen MR) is 157 cm³/mol. The maximum Gasteiger partial charge on any atom is 0.349 e. The summed E-state index contributed by atoms with van der Waals surface area (Å²) >= 11 is 6.07. The molecule has 0 spiro atoms. The SMILES string of the molecule is CCOc1cc(C2C(C#N)=C(N)Oc3cc(OC(=O)COc4ccccc4Cl)ccc32)ccc1OCc1ccccc1F. The van der Waals surface area contributed by atoms with Gasteiger partial charge in [0.05, 0.1) is 17.5 Å². The molecular formula is C33H26ClFN2O6. The van der Waals surface area contributed by atoms with Crippen LogP contribution in [0.2, 0.25) is 5.02 Å². The van der Waals surface area contributed by atoms with Crippen molar-refractivity contribution in [3.05, 3.63) is 124 Å². The highest BCUT2D eigenvalue weighted by Gasteiger charge is 2.32. The Morgan fingerprint density at radius 1 is 0.977 bits per heavy atom. The van der Waals surface area contributed by atoms with Crippen LogP contribution in [0.3, 0.4) is 0 Å². The Hall–Kier alpha value is -5.20. The van der Waals surface area contributed by atoms with Crippen molar-refractivity contribution in [2.75, 3.05) is 13.2 Å². The number of esters is 1. The number of carbonyl (C=O) groups excluding carboxylic acids is 1. The number of carbonyl (C=O) groups is 1. The van der Waals surface area contributed by atoms with Crippen LogP contribution in [0.4, 0.5) is 4.39 Å². The second-order valence-electron chi connectivity index (χ2n) is 9.34. The third kappa shape index (κ3) is 6.66. The van der Waals surface area contributed by atoms with Crippen molar-refractivity contribution < 1.29 is 32.9 Å². The molecule has 43 heavy (non-hydrogen) atoms. The number of allylic oxidation sites excluding steroid dienone is 1. The van der Waals surface area contributed by atoms with Crippen LogP contribution in [0.1, 0.15) is 29.5 Å². The van der Waals surface area contributed by atoms with Gasteiger partial charge in [0, 0.05) is 17.2 Å². The van der Waals surface area contributed by atoms with Crippen molar-refractivity contribution in [3.8, 4) is 34.8 Å². The fourth-order valence-corrected chi connectivity index (χ4v) is 4.75. The van der Waals surface area contributed by atoms with Gasteiger partial charge in [0.1, 0.15) is 41.3 Å². The summed E-state index contributed by atoms with van der Waals surface area (Å²) in [6.07, 6.45) is 0. The number of hydrogen-bond acceptors (Lipinski definition) is 8. The molecule has 4 aromatic rings. The molecule has 0 fully saturated rings. The summed E-state index contributed by atoms with van der Waals surface area (Å²) in [5.41, 5.74) is 8.08. The third-order valence-corrected chi connectivity index (χ3v) is 6.86. The zero-order valence-corrected chi connectivity index (χ0v) is 23.8. The first-order valence-corrected chi connectivity index (χ1v) is 13.7. The summed E-state index contributed by atoms with van der Waals surface area (Å²) in [7, 11) is 0. The van der Waals surface area contributed by atoms with Crippen molar-refractivity contribution in [2.45, 2.75) is 19.4 Å². The van der Waals surface area contributed by atoms with Gasteiger partial charge in [-0.3, -0.25) is 0 Å². The number of ether oxygens (including phenoxy) is 5. The first-order valence-electron chi connectivity index (χ1n) is 13.3. The van der Waals surface area contributed by atoms with Crippen LogP contribution in [0, 0.1) is 17.1 Å². The van der Waals surface area contributed by atoms with Crippen LogP contribution in [0.15, 0.2) is 96.4 Å². The minimum absolute atomic E-state index is 0.00736. The zero-order chi connectivity index (χ0) is 30.3. The highest BCUT2D eigenvalue weighted by molar-refractivity contribution is 6.32. The van der Waals surface area contributed by atoms with E-state index in [9.17, 15) is 14.4 Å². The van der Waals surface area contributed by atoms with Crippen LogP contribution in [-0.2, 0) is 11.4 Å². The molecule has 10 heteroatoms. The van der Waals surface area contributed by atoms with E-state index >= 15 is 0 Å². The number of nitriles is 1. The molecule has 0 aromatic heterocycles. The molecule has 1 unspecified atom stereocenters. The van der Waals surface area contributed by atoms with Gasteiger partial charge < -0.3 is 29.4 Å². The summed E-state index contributed by atoms with van der Waals surface area (Å²) in [5.74, 6) is -0.00156. The molecule has 0 aliphatic carbocycles. The van der Waals surface area contributed by atoms with Crippen LogP contribution in [-0.4, -0.2) is 19.2 Å². The van der Waals surface area contributed by atoms with Gasteiger partial charge in [-0.15, -0.1) is 0 Å². The molecule has 0 bridgehead atoms. The quantitative estimate of drug-likeness (QED) is 0.159. The van der Waals surface area contributed by atoms with Crippen molar-refractivity contribution in [3.63, 3.8) is 0 Å². The molecule has 5 rings (SSSR count). The van der Waals surface area contributed by atoms with E-state index in [4.69, 9.17) is 41.0 Å². The molecule has 4 aromatic carbocycles. The van der Waals surface area contributed by atoms with Gasteiger partial charge in [0.15, 0.2) is 18.1 Å². The molecule has 1 heterocycles. The van der Waals surface area contributed by atoms with Gasteiger partial charge in [-0.25, -0.2) is 9.18 Å². The Kier molecular flexibility index (Phi) is 8.99. The van der Waals surface area contributed by atoms with Gasteiger partial charge >= 0.3 is 5.97 Å². The van der Waals surface area contributed by atoms with Gasteiger partial charge in [0.25, 0.3) is 0 Å². The molecule has 2 N–H and O–H groups in total. The number of hydrogen-bond donors (Lipinski definition) is 1. The molecule has 1 atom stereocenters. The van der Waals surface area contributed by atoms with E-state index in [0.717, 1.165) is 0 Å². The van der Waals surface area contributed by atoms with Crippen molar-refractivity contribution in [1.82, 2.24) is 0 Å². The zero-order valence-electron chi connectivity index (χ0n) is 23.0. The monoisotopic (exact) mass is 600 g/mol. The lowest BCUT2D eigenvalue weighted by Crippen LogP contribution is -2.22. The normalized spacial score (nSPS) is 13.8. The summed E-state index contributed by atoms with van der Waals surface area (Å²) in [6.45, 7) is 1.82. The lowest BCUT2D eigenvalue weighted by molar-refractivity contribution is -0.136. The van der Waals surface area contributed by atoms with Crippen LogP contribution >= 0.6 is 11.6 Å². The maximum atomic E-state index is 14.1. The molecule has 0 radical (unpaired) electrons. The average Bonchev–Trinajstić information content (AvgIpc) is 3.00. The number of para-hydroxylation sites is 1. The third-order valence-electron chi connectivity index (χ3n) is 6.55. The van der Waals surface area contributed by atoms with E-state index < -0.39 is 11.9 Å². The Bertz CT molecular complexity index is 1730. The van der Waals surface area contributed by atoms with Crippen molar-refractivity contribution in [2.24, 2.45) is 5.73 Å². The van der Waals surface area contributed by atoms with Crippen LogP contribution < -0.4 is 29.4 Å². The average molecular weight is 601 g/mol. The van der Waals surface area contributed by atoms with E-state index in [0.29, 0.717) is 51.3 Å². The fourth-order valence-electron chi connectivity index (χ4n) is 4.56. The van der Waals surface area contributed by atoms with E-state index in [2.05, 4.69) is 6.07 Å². The van der Waals surface area contributed by atoms with Gasteiger partial charge in [-0.1, -0.05) is 54.1 Å². The number of nitrogens with zero attached hydrogens (tertiary/aromatic N) is 1. The minimum atomic E-state index is -0.652. The number of nitrogens with two attached hydrogens (primary N) is 1. The number of halogens is 2. The van der Waals surface area contributed by atoms with Crippen LogP contribution in [0.5, 0.6) is 28.7 Å². The van der Waals surface area contributed by atoms with Gasteiger partial charge in [0.2, 0.25) is 5.88 Å². The second kappa shape index (κ2) is 13.2. The van der Waals surface area contributed by atoms with Crippen molar-refractivity contribution >= 4 is 17.6 Å². The van der Waals surface area contributed by atoms with E-state index in [-0.39, 0.29) is 36.2 Å². The lowest BCUT2D eigenvalue weighted by atomic mass is 9.83. The molecule has 0 saturated carbocycles. The number of rotatable bonds is 10. The molecule has 218 valence electrons. The standard InChI is InChI=1S/C33H26ClFN2O6/c1-2-39-30-15-20(11-14-28(30)40-18-21-7-3-5-9-26(21)35)32-23-13-12-22(16-29(23)43-33(37)24(32)17-36)42-31(38)19-41-27-10-6-4-8-25(27)34/h3-16,32H,2,18-19,37H2,1H3. The Morgan fingerprint density at radius 2 is 1.77 bits per heavy atom. The van der Waals surface area contributed by atoms with Gasteiger partial charge in [-0.2, -0.15) is 5.26 Å². The summed E-state index contributed by atoms with van der Waals surface area (Å²) in [4.78, 5) is 12.5. The summed E-state index contributed by atoms with van der Waals surface area (Å²) < 4.78 is 42.5. The van der Waals surface area contributed by atoms with Crippen LogP contribution in [0.25, 0.3) is 0 Å². The van der Waals surface area contributed by atoms with E-state index in [1.807, 2.05) is 6.92 Å². The summed E-state index contributed by atoms with van der Waals surface area (Å²) in [5, 5.41) is 10.3. The second-order valence-corrected chi connectivity index (χ2v) is 9.74. The lowest BCUT2D eigenvalue weighted by Gasteiger charge is -2.27. The highest BCUT2D eigenvalue weighted by Crippen LogP contribution is 2.45. The first-order chi connectivity index (χ1) is 20.9. The van der Waals surface area contributed by atoms with Gasteiger partial charge in [-0.05, 0) is 48.9 Å². The topological polar surface area (TPSA) is 113 Å². The molecular weight excluding hydrogens is 575 g/mol. The predicted octanol–water partition coefficient (Wildman–Crippen LogP) is 6.66. The Labute approximate surface area is 252 Å². The summed E-state index contributed by atoms with van der Waals surface area (Å²) in [6, 6.07) is 25.3. The minimum Gasteiger partial charge on any atom is -0.490 e. The fraction of sp³-hybridized carbons (Fsp3) is 0.152. The first kappa shape index (κ1) is 29.3. The highest BCUT2D eigenvalue weighted by atomic mass is 35.5. The largest absolute Gasteiger partial charge is 0.490 e. The molecule has 0 amide bonds. The molecule has 0 saturated heterocycles. The van der Waals surface area contributed by atoms with E-state index in [1.165, 1.54) is 12.1 Å². The smallest absolute Gasteiger partial charge is 0.349 e. The number of fused-ring (bicyclic) bond motifs is 1. The Balaban J connectivity index is 1.38. The molecule has 1 aliphatic heterocycles. The van der Waals surface area contributed by atoms with Crippen molar-refractivity contribution in [1.29, 1.82) is 5.26 Å².